The molecule has 0 atom stereocenters. The topological polar surface area (TPSA) is 81.1 Å². The number of carbonyl (C=O) groups is 1. The molecule has 0 aliphatic carbocycles. The van der Waals surface area contributed by atoms with Gasteiger partial charge in [-0.2, -0.15) is 5.10 Å². The van der Waals surface area contributed by atoms with Crippen molar-refractivity contribution in [1.29, 1.82) is 0 Å². The third-order valence-corrected chi connectivity index (χ3v) is 2.28. The van der Waals surface area contributed by atoms with Crippen LogP contribution < -0.4 is 5.73 Å². The Morgan fingerprint density at radius 1 is 1.31 bits per heavy atom. The van der Waals surface area contributed by atoms with Gasteiger partial charge in [0.1, 0.15) is 0 Å². The molecule has 0 unspecified atom stereocenters. The van der Waals surface area contributed by atoms with Gasteiger partial charge in [0, 0.05) is 6.54 Å². The van der Waals surface area contributed by atoms with Crippen molar-refractivity contribution in [3.05, 3.63) is 47.8 Å². The van der Waals surface area contributed by atoms with Crippen molar-refractivity contribution in [3.8, 4) is 5.69 Å². The van der Waals surface area contributed by atoms with Crippen LogP contribution in [0.1, 0.15) is 16.1 Å². The average molecular weight is 217 g/mol. The van der Waals surface area contributed by atoms with E-state index >= 15 is 0 Å². The minimum Gasteiger partial charge on any atom is -0.477 e. The number of aromatic carboxylic acids is 1. The number of hydrogen-bond acceptors (Lipinski definition) is 3. The third kappa shape index (κ3) is 1.80. The number of carboxylic acids is 1. The van der Waals surface area contributed by atoms with E-state index in [9.17, 15) is 4.79 Å². The molecule has 5 nitrogen and oxygen atoms in total. The molecule has 0 amide bonds. The zero-order valence-corrected chi connectivity index (χ0v) is 8.50. The molecule has 0 saturated carbocycles. The summed E-state index contributed by atoms with van der Waals surface area (Å²) in [6, 6.07) is 8.74. The van der Waals surface area contributed by atoms with Gasteiger partial charge in [-0.25, -0.2) is 9.48 Å². The summed E-state index contributed by atoms with van der Waals surface area (Å²) in [6.45, 7) is 0.463. The molecule has 1 heterocycles. The molecule has 0 aliphatic heterocycles. The SMILES string of the molecule is NCc1ccc(-n2nccc2C(=O)O)cc1. The van der Waals surface area contributed by atoms with Gasteiger partial charge < -0.3 is 10.8 Å². The van der Waals surface area contributed by atoms with Crippen LogP contribution in [0, 0.1) is 0 Å². The van der Waals surface area contributed by atoms with Crippen LogP contribution in [0.2, 0.25) is 0 Å². The minimum absolute atomic E-state index is 0.139. The van der Waals surface area contributed by atoms with Crippen LogP contribution in [-0.2, 0) is 6.54 Å². The summed E-state index contributed by atoms with van der Waals surface area (Å²) in [7, 11) is 0. The molecule has 0 saturated heterocycles. The van der Waals surface area contributed by atoms with E-state index in [0.29, 0.717) is 12.2 Å². The van der Waals surface area contributed by atoms with E-state index in [2.05, 4.69) is 5.10 Å². The highest BCUT2D eigenvalue weighted by atomic mass is 16.4. The van der Waals surface area contributed by atoms with E-state index in [1.165, 1.54) is 16.9 Å². The number of rotatable bonds is 3. The Morgan fingerprint density at radius 2 is 2.00 bits per heavy atom. The zero-order valence-electron chi connectivity index (χ0n) is 8.50. The van der Waals surface area contributed by atoms with Gasteiger partial charge in [-0.1, -0.05) is 12.1 Å². The van der Waals surface area contributed by atoms with Crippen molar-refractivity contribution in [2.75, 3.05) is 0 Å². The van der Waals surface area contributed by atoms with Crippen LogP contribution in [0.3, 0.4) is 0 Å². The van der Waals surface area contributed by atoms with Gasteiger partial charge in [-0.15, -0.1) is 0 Å². The number of aromatic nitrogens is 2. The first-order valence-corrected chi connectivity index (χ1v) is 4.79. The maximum atomic E-state index is 10.9. The van der Waals surface area contributed by atoms with Gasteiger partial charge in [0.05, 0.1) is 11.9 Å². The highest BCUT2D eigenvalue weighted by Gasteiger charge is 2.10. The van der Waals surface area contributed by atoms with Crippen molar-refractivity contribution < 1.29 is 9.90 Å². The standard InChI is InChI=1S/C11H11N3O2/c12-7-8-1-3-9(4-2-8)14-10(11(15)16)5-6-13-14/h1-6H,7,12H2,(H,15,16). The molecule has 2 aromatic rings. The molecule has 3 N–H and O–H groups in total. The van der Waals surface area contributed by atoms with Crippen molar-refractivity contribution >= 4 is 5.97 Å². The van der Waals surface area contributed by atoms with Gasteiger partial charge in [-0.3, -0.25) is 0 Å². The van der Waals surface area contributed by atoms with Gasteiger partial charge in [0.2, 0.25) is 0 Å². The normalized spacial score (nSPS) is 10.3. The number of nitrogens with zero attached hydrogens (tertiary/aromatic N) is 2. The Hall–Kier alpha value is -2.14. The van der Waals surface area contributed by atoms with Crippen molar-refractivity contribution in [3.63, 3.8) is 0 Å². The molecule has 1 aromatic heterocycles. The summed E-state index contributed by atoms with van der Waals surface area (Å²) in [4.78, 5) is 10.9. The van der Waals surface area contributed by atoms with Crippen LogP contribution in [-0.4, -0.2) is 20.9 Å². The van der Waals surface area contributed by atoms with Gasteiger partial charge >= 0.3 is 5.97 Å². The molecule has 0 bridgehead atoms. The Labute approximate surface area is 92.1 Å². The molecule has 0 spiro atoms. The molecular formula is C11H11N3O2. The van der Waals surface area contributed by atoms with E-state index in [-0.39, 0.29) is 5.69 Å². The smallest absolute Gasteiger partial charge is 0.354 e. The van der Waals surface area contributed by atoms with E-state index in [4.69, 9.17) is 10.8 Å². The van der Waals surface area contributed by atoms with Crippen LogP contribution in [0.25, 0.3) is 5.69 Å². The van der Waals surface area contributed by atoms with Crippen LogP contribution in [0.15, 0.2) is 36.5 Å². The van der Waals surface area contributed by atoms with E-state index in [0.717, 1.165) is 5.56 Å². The summed E-state index contributed by atoms with van der Waals surface area (Å²) in [5, 5.41) is 12.9. The molecule has 2 rings (SSSR count). The summed E-state index contributed by atoms with van der Waals surface area (Å²) in [5.74, 6) is -1.000. The summed E-state index contributed by atoms with van der Waals surface area (Å²) >= 11 is 0. The van der Waals surface area contributed by atoms with Gasteiger partial charge in [0.15, 0.2) is 5.69 Å². The number of benzene rings is 1. The second-order valence-electron chi connectivity index (χ2n) is 3.30. The quantitative estimate of drug-likeness (QED) is 0.804. The molecule has 82 valence electrons. The largest absolute Gasteiger partial charge is 0.477 e. The molecular weight excluding hydrogens is 206 g/mol. The van der Waals surface area contributed by atoms with Crippen molar-refractivity contribution in [2.24, 2.45) is 5.73 Å². The summed E-state index contributed by atoms with van der Waals surface area (Å²) in [6.07, 6.45) is 1.46. The van der Waals surface area contributed by atoms with Crippen molar-refractivity contribution in [1.82, 2.24) is 9.78 Å². The number of hydrogen-bond donors (Lipinski definition) is 2. The highest BCUT2D eigenvalue weighted by molar-refractivity contribution is 5.86. The fraction of sp³-hybridized carbons (Fsp3) is 0.0909. The van der Waals surface area contributed by atoms with Gasteiger partial charge in [0.25, 0.3) is 0 Å². The second-order valence-corrected chi connectivity index (χ2v) is 3.30. The predicted molar refractivity (Wildman–Crippen MR) is 58.4 cm³/mol. The fourth-order valence-corrected chi connectivity index (χ4v) is 1.44. The Bertz CT molecular complexity index is 502. The maximum absolute atomic E-state index is 10.9. The first-order valence-electron chi connectivity index (χ1n) is 4.79. The fourth-order valence-electron chi connectivity index (χ4n) is 1.44. The minimum atomic E-state index is -1.000. The van der Waals surface area contributed by atoms with E-state index in [1.54, 1.807) is 12.1 Å². The lowest BCUT2D eigenvalue weighted by molar-refractivity contribution is 0.0687. The molecule has 16 heavy (non-hydrogen) atoms. The summed E-state index contributed by atoms with van der Waals surface area (Å²) in [5.41, 5.74) is 7.32. The molecule has 5 heteroatoms. The number of carboxylic acid groups (broad SMARTS) is 1. The van der Waals surface area contributed by atoms with E-state index in [1.807, 2.05) is 12.1 Å². The lowest BCUT2D eigenvalue weighted by Crippen LogP contribution is -2.08. The van der Waals surface area contributed by atoms with Crippen LogP contribution in [0.4, 0.5) is 0 Å². The van der Waals surface area contributed by atoms with Crippen LogP contribution >= 0.6 is 0 Å². The summed E-state index contributed by atoms with van der Waals surface area (Å²) < 4.78 is 1.38. The van der Waals surface area contributed by atoms with Gasteiger partial charge in [-0.05, 0) is 23.8 Å². The second kappa shape index (κ2) is 4.16. The highest BCUT2D eigenvalue weighted by Crippen LogP contribution is 2.11. The lowest BCUT2D eigenvalue weighted by atomic mass is 10.2. The lowest BCUT2D eigenvalue weighted by Gasteiger charge is -2.05. The third-order valence-electron chi connectivity index (χ3n) is 2.28. The zero-order chi connectivity index (χ0) is 11.5. The molecule has 0 aliphatic rings. The average Bonchev–Trinajstić information content (AvgIpc) is 2.78. The molecule has 0 radical (unpaired) electrons. The number of nitrogens with two attached hydrogens (primary N) is 1. The first kappa shape index (κ1) is 10.4. The molecule has 0 fully saturated rings. The van der Waals surface area contributed by atoms with E-state index < -0.39 is 5.97 Å². The maximum Gasteiger partial charge on any atom is 0.354 e. The first-order chi connectivity index (χ1) is 7.72. The Kier molecular flexibility index (Phi) is 2.70. The Balaban J connectivity index is 2.42. The molecule has 1 aromatic carbocycles. The van der Waals surface area contributed by atoms with Crippen LogP contribution in [0.5, 0.6) is 0 Å². The predicted octanol–water partition coefficient (Wildman–Crippen LogP) is 1.03. The van der Waals surface area contributed by atoms with Crippen molar-refractivity contribution in [2.45, 2.75) is 6.54 Å². The monoisotopic (exact) mass is 217 g/mol. The Morgan fingerprint density at radius 3 is 2.56 bits per heavy atom.